The smallest absolute Gasteiger partial charge is 0.243 e. The number of nitrogens with one attached hydrogen (secondary N) is 1. The van der Waals surface area contributed by atoms with Gasteiger partial charge < -0.3 is 10.2 Å². The predicted octanol–water partition coefficient (Wildman–Crippen LogP) is 2.80. The first-order valence-corrected chi connectivity index (χ1v) is 8.74. The molecule has 1 heterocycles. The number of nitro groups is 2. The van der Waals surface area contributed by atoms with E-state index in [0.717, 1.165) is 0 Å². The third-order valence-corrected chi connectivity index (χ3v) is 5.47. The maximum absolute atomic E-state index is 11.9. The van der Waals surface area contributed by atoms with Crippen LogP contribution in [0.1, 0.15) is 37.1 Å². The molecule has 3 rings (SSSR count). The van der Waals surface area contributed by atoms with E-state index in [9.17, 15) is 30.4 Å². The highest BCUT2D eigenvalue weighted by Crippen LogP contribution is 2.47. The zero-order valence-corrected chi connectivity index (χ0v) is 15.4. The van der Waals surface area contributed by atoms with Gasteiger partial charge in [0.15, 0.2) is 0 Å². The Balaban J connectivity index is 2.14. The zero-order chi connectivity index (χ0) is 20.6. The third-order valence-electron chi connectivity index (χ3n) is 5.47. The van der Waals surface area contributed by atoms with Crippen molar-refractivity contribution < 1.29 is 20.1 Å². The lowest BCUT2D eigenvalue weighted by molar-refractivity contribution is -0.605. The largest absolute Gasteiger partial charge is 0.508 e. The first kappa shape index (κ1) is 19.6. The fraction of sp³-hybridized carbons (Fsp3) is 0.368. The molecule has 2 aromatic rings. The van der Waals surface area contributed by atoms with E-state index in [4.69, 9.17) is 0 Å². The van der Waals surface area contributed by atoms with Crippen molar-refractivity contribution >= 4 is 0 Å². The van der Waals surface area contributed by atoms with Crippen molar-refractivity contribution in [2.45, 2.75) is 38.0 Å². The van der Waals surface area contributed by atoms with Crippen molar-refractivity contribution in [2.75, 3.05) is 0 Å². The van der Waals surface area contributed by atoms with Crippen LogP contribution in [0.5, 0.6) is 11.5 Å². The molecule has 3 N–H and O–H groups in total. The van der Waals surface area contributed by atoms with Crippen molar-refractivity contribution in [3.63, 3.8) is 0 Å². The number of hydrogen-bond donors (Lipinski definition) is 3. The van der Waals surface area contributed by atoms with E-state index in [-0.39, 0.29) is 11.5 Å². The molecule has 0 unspecified atom stereocenters. The highest BCUT2D eigenvalue weighted by molar-refractivity contribution is 5.33. The summed E-state index contributed by atoms with van der Waals surface area (Å²) in [5.74, 6) is 0.0458. The normalized spacial score (nSPS) is 26.5. The van der Waals surface area contributed by atoms with E-state index >= 15 is 0 Å². The molecular formula is C19H21N3O6. The van der Waals surface area contributed by atoms with Crippen LogP contribution in [0.25, 0.3) is 0 Å². The molecule has 1 aliphatic rings. The zero-order valence-electron chi connectivity index (χ0n) is 15.4. The van der Waals surface area contributed by atoms with E-state index < -0.39 is 39.4 Å². The molecule has 2 aromatic carbocycles. The number of phenols is 2. The molecule has 0 amide bonds. The minimum atomic E-state index is -1.29. The monoisotopic (exact) mass is 387 g/mol. The molecule has 4 atom stereocenters. The quantitative estimate of drug-likeness (QED) is 0.541. The number of rotatable bonds is 4. The molecule has 148 valence electrons. The predicted molar refractivity (Wildman–Crippen MR) is 100 cm³/mol. The number of aromatic hydroxyl groups is 2. The van der Waals surface area contributed by atoms with Gasteiger partial charge in [-0.1, -0.05) is 24.3 Å². The maximum atomic E-state index is 11.9. The molecule has 1 saturated heterocycles. The molecule has 1 aliphatic heterocycles. The Morgan fingerprint density at radius 3 is 1.39 bits per heavy atom. The molecule has 0 aromatic heterocycles. The summed E-state index contributed by atoms with van der Waals surface area (Å²) in [6.07, 6.45) is 0. The Labute approximate surface area is 160 Å². The molecule has 0 radical (unpaired) electrons. The molecule has 0 spiro atoms. The van der Waals surface area contributed by atoms with E-state index in [1.165, 1.54) is 38.1 Å². The average molecular weight is 387 g/mol. The number of piperidine rings is 1. The molecule has 9 heteroatoms. The van der Waals surface area contributed by atoms with Crippen LogP contribution >= 0.6 is 0 Å². The summed E-state index contributed by atoms with van der Waals surface area (Å²) in [7, 11) is 0. The Hall–Kier alpha value is -3.20. The van der Waals surface area contributed by atoms with Crippen LogP contribution in [-0.4, -0.2) is 32.1 Å². The summed E-state index contributed by atoms with van der Waals surface area (Å²) in [6.45, 7) is 3.07. The van der Waals surface area contributed by atoms with E-state index in [1.54, 1.807) is 24.3 Å². The van der Waals surface area contributed by atoms with Gasteiger partial charge in [-0.2, -0.15) is 0 Å². The van der Waals surface area contributed by atoms with E-state index in [2.05, 4.69) is 5.32 Å². The lowest BCUT2D eigenvalue weighted by Crippen LogP contribution is -2.63. The SMILES string of the molecule is CC1(C)[C@@H]([N+](=O)[O-])[C@@H](c2ccc(O)cc2)N[C@@H](c2ccc(O)cc2)[C@H]1[N+](=O)[O-]. The van der Waals surface area contributed by atoms with Crippen LogP contribution < -0.4 is 5.32 Å². The first-order valence-electron chi connectivity index (χ1n) is 8.74. The molecular weight excluding hydrogens is 366 g/mol. The van der Waals surface area contributed by atoms with Crippen LogP contribution in [0.3, 0.4) is 0 Å². The average Bonchev–Trinajstić information content (AvgIpc) is 2.60. The molecule has 28 heavy (non-hydrogen) atoms. The van der Waals surface area contributed by atoms with Crippen LogP contribution in [0, 0.1) is 25.6 Å². The maximum Gasteiger partial charge on any atom is 0.243 e. The van der Waals surface area contributed by atoms with Gasteiger partial charge in [0.05, 0.1) is 0 Å². The van der Waals surface area contributed by atoms with Gasteiger partial charge in [0.25, 0.3) is 0 Å². The first-order chi connectivity index (χ1) is 13.1. The van der Waals surface area contributed by atoms with Gasteiger partial charge in [-0.05, 0) is 49.2 Å². The molecule has 0 bridgehead atoms. The van der Waals surface area contributed by atoms with E-state index in [0.29, 0.717) is 11.1 Å². The minimum Gasteiger partial charge on any atom is -0.508 e. The van der Waals surface area contributed by atoms with Crippen molar-refractivity contribution in [1.82, 2.24) is 5.32 Å². The van der Waals surface area contributed by atoms with Crippen LogP contribution in [0.15, 0.2) is 48.5 Å². The van der Waals surface area contributed by atoms with Crippen molar-refractivity contribution in [3.8, 4) is 11.5 Å². The number of hydrogen-bond acceptors (Lipinski definition) is 7. The number of phenolic OH excluding ortho intramolecular Hbond substituents is 2. The lowest BCUT2D eigenvalue weighted by Gasteiger charge is -2.44. The van der Waals surface area contributed by atoms with Crippen LogP contribution in [0.2, 0.25) is 0 Å². The Morgan fingerprint density at radius 2 is 1.11 bits per heavy atom. The Kier molecular flexibility index (Phi) is 4.95. The Morgan fingerprint density at radius 1 is 0.786 bits per heavy atom. The highest BCUT2D eigenvalue weighted by atomic mass is 16.6. The van der Waals surface area contributed by atoms with Gasteiger partial charge in [-0.3, -0.25) is 25.5 Å². The fourth-order valence-corrected chi connectivity index (χ4v) is 4.12. The van der Waals surface area contributed by atoms with Crippen LogP contribution in [0.4, 0.5) is 0 Å². The fourth-order valence-electron chi connectivity index (χ4n) is 4.12. The topological polar surface area (TPSA) is 139 Å². The molecule has 9 nitrogen and oxygen atoms in total. The van der Waals surface area contributed by atoms with Gasteiger partial charge in [-0.25, -0.2) is 0 Å². The van der Waals surface area contributed by atoms with Gasteiger partial charge in [-0.15, -0.1) is 0 Å². The summed E-state index contributed by atoms with van der Waals surface area (Å²) in [5, 5.41) is 46.0. The number of benzene rings is 2. The summed E-state index contributed by atoms with van der Waals surface area (Å²) < 4.78 is 0. The van der Waals surface area contributed by atoms with Gasteiger partial charge >= 0.3 is 0 Å². The van der Waals surface area contributed by atoms with Gasteiger partial charge in [0.1, 0.15) is 29.0 Å². The summed E-state index contributed by atoms with van der Waals surface area (Å²) >= 11 is 0. The van der Waals surface area contributed by atoms with Gasteiger partial charge in [0, 0.05) is 9.85 Å². The van der Waals surface area contributed by atoms with Gasteiger partial charge in [0.2, 0.25) is 12.1 Å². The summed E-state index contributed by atoms with van der Waals surface area (Å²) in [6, 6.07) is 7.85. The summed E-state index contributed by atoms with van der Waals surface area (Å²) in [4.78, 5) is 22.9. The second-order valence-electron chi connectivity index (χ2n) is 7.59. The van der Waals surface area contributed by atoms with E-state index in [1.807, 2.05) is 0 Å². The second-order valence-corrected chi connectivity index (χ2v) is 7.59. The molecule has 1 fully saturated rings. The van der Waals surface area contributed by atoms with Crippen LogP contribution in [-0.2, 0) is 0 Å². The molecule has 0 aliphatic carbocycles. The van der Waals surface area contributed by atoms with Crippen molar-refractivity contribution in [3.05, 3.63) is 79.9 Å². The third kappa shape index (κ3) is 3.36. The standard InChI is InChI=1S/C19H21N3O6/c1-19(2)17(21(25)26)15(11-3-7-13(23)8-4-11)20-16(18(19)22(27)28)12-5-9-14(24)10-6-12/h3-10,15-18,20,23-24H,1-2H3/t15-,16+,17+,18-. The minimum absolute atomic E-state index is 0.0229. The number of nitrogens with zero attached hydrogens (tertiary/aromatic N) is 2. The van der Waals surface area contributed by atoms with Crippen molar-refractivity contribution in [1.29, 1.82) is 0 Å². The Bertz CT molecular complexity index is 810. The summed E-state index contributed by atoms with van der Waals surface area (Å²) in [5.41, 5.74) is -0.181. The second kappa shape index (κ2) is 7.08. The lowest BCUT2D eigenvalue weighted by atomic mass is 9.66. The van der Waals surface area contributed by atoms with Crippen molar-refractivity contribution in [2.24, 2.45) is 5.41 Å². The molecule has 0 saturated carbocycles. The highest BCUT2D eigenvalue weighted by Gasteiger charge is 2.62.